The molecule has 0 saturated heterocycles. The van der Waals surface area contributed by atoms with Crippen LogP contribution in [0.1, 0.15) is 52.2 Å². The molecule has 2 aliphatic rings. The number of amides is 1. The topological polar surface area (TPSA) is 108 Å². The second kappa shape index (κ2) is 10.7. The van der Waals surface area contributed by atoms with E-state index in [0.717, 1.165) is 16.7 Å². The van der Waals surface area contributed by atoms with Gasteiger partial charge in [0.25, 0.3) is 5.91 Å². The van der Waals surface area contributed by atoms with Gasteiger partial charge in [0.05, 0.1) is 17.6 Å². The Morgan fingerprint density at radius 1 is 1.08 bits per heavy atom. The van der Waals surface area contributed by atoms with Gasteiger partial charge in [-0.3, -0.25) is 15.0 Å². The van der Waals surface area contributed by atoms with Crippen molar-refractivity contribution in [3.8, 4) is 11.8 Å². The zero-order valence-electron chi connectivity index (χ0n) is 21.1. The summed E-state index contributed by atoms with van der Waals surface area (Å²) >= 11 is 0. The fourth-order valence-corrected chi connectivity index (χ4v) is 4.94. The average Bonchev–Trinajstić information content (AvgIpc) is 2.94. The van der Waals surface area contributed by atoms with Crippen molar-refractivity contribution < 1.29 is 14.3 Å². The van der Waals surface area contributed by atoms with Crippen LogP contribution in [0.3, 0.4) is 0 Å². The van der Waals surface area contributed by atoms with Crippen molar-refractivity contribution in [2.24, 2.45) is 5.73 Å². The van der Waals surface area contributed by atoms with Crippen LogP contribution in [0.15, 0.2) is 102 Å². The number of carbonyl (C=O) groups excluding carboxylic acids is 2. The van der Waals surface area contributed by atoms with Gasteiger partial charge in [0, 0.05) is 23.3 Å². The largest absolute Gasteiger partial charge is 0.489 e. The number of Topliss-reactive ketones (excluding diaryl/α,β-unsaturated/α-hetero) is 1. The molecular formula is C31H28N4O3. The highest BCUT2D eigenvalue weighted by Crippen LogP contribution is 2.44. The third-order valence-electron chi connectivity index (χ3n) is 6.88. The average molecular weight is 505 g/mol. The Kier molecular flexibility index (Phi) is 6.96. The van der Waals surface area contributed by atoms with E-state index in [0.29, 0.717) is 48.5 Å². The summed E-state index contributed by atoms with van der Waals surface area (Å²) in [5.41, 5.74) is 14.0. The van der Waals surface area contributed by atoms with Gasteiger partial charge in [0.1, 0.15) is 18.2 Å². The molecule has 1 heterocycles. The third-order valence-corrected chi connectivity index (χ3v) is 6.88. The van der Waals surface area contributed by atoms with E-state index < -0.39 is 5.92 Å². The smallest absolute Gasteiger partial charge is 0.270 e. The number of hydrogen-bond donors (Lipinski definition) is 2. The van der Waals surface area contributed by atoms with E-state index in [9.17, 15) is 14.9 Å². The molecule has 1 amide bonds. The van der Waals surface area contributed by atoms with Crippen molar-refractivity contribution in [2.75, 3.05) is 0 Å². The maximum Gasteiger partial charge on any atom is 0.270 e. The first kappa shape index (κ1) is 24.8. The Hall–Kier alpha value is -4.83. The Balaban J connectivity index is 1.50. The lowest BCUT2D eigenvalue weighted by Gasteiger charge is -2.39. The van der Waals surface area contributed by atoms with Gasteiger partial charge in [0.15, 0.2) is 5.78 Å². The molecule has 190 valence electrons. The number of allylic oxidation sites excluding steroid dienone is 3. The monoisotopic (exact) mass is 504 g/mol. The maximum absolute atomic E-state index is 13.3. The van der Waals surface area contributed by atoms with Crippen LogP contribution in [0.2, 0.25) is 0 Å². The van der Waals surface area contributed by atoms with Crippen LogP contribution < -0.4 is 15.9 Å². The first-order valence-corrected chi connectivity index (χ1v) is 12.6. The summed E-state index contributed by atoms with van der Waals surface area (Å²) in [6.45, 7) is 2.34. The quantitative estimate of drug-likeness (QED) is 0.488. The molecule has 0 saturated carbocycles. The number of ketones is 1. The first-order valence-electron chi connectivity index (χ1n) is 12.6. The third kappa shape index (κ3) is 4.89. The Bertz CT molecular complexity index is 1480. The first-order chi connectivity index (χ1) is 18.5. The summed E-state index contributed by atoms with van der Waals surface area (Å²) in [5, 5.41) is 11.6. The lowest BCUT2D eigenvalue weighted by atomic mass is 9.76. The minimum absolute atomic E-state index is 0.0540. The maximum atomic E-state index is 13.3. The molecule has 0 fully saturated rings. The zero-order chi connectivity index (χ0) is 26.6. The van der Waals surface area contributed by atoms with E-state index in [4.69, 9.17) is 10.5 Å². The molecule has 1 unspecified atom stereocenters. The fraction of sp³-hybridized carbons (Fsp3) is 0.194. The molecular weight excluding hydrogens is 476 g/mol. The van der Waals surface area contributed by atoms with Crippen molar-refractivity contribution in [2.45, 2.75) is 38.7 Å². The molecule has 1 aliphatic heterocycles. The van der Waals surface area contributed by atoms with E-state index in [1.165, 1.54) is 5.01 Å². The predicted molar refractivity (Wildman–Crippen MR) is 143 cm³/mol. The number of nitriles is 1. The van der Waals surface area contributed by atoms with Crippen LogP contribution in [0, 0.1) is 18.3 Å². The number of rotatable bonds is 6. The highest BCUT2D eigenvalue weighted by molar-refractivity contribution is 6.00. The minimum atomic E-state index is -0.643. The number of hydrazine groups is 1. The molecule has 0 radical (unpaired) electrons. The Morgan fingerprint density at radius 3 is 2.58 bits per heavy atom. The molecule has 7 nitrogen and oxygen atoms in total. The Labute approximate surface area is 221 Å². The second-order valence-electron chi connectivity index (χ2n) is 9.47. The van der Waals surface area contributed by atoms with Gasteiger partial charge < -0.3 is 10.5 Å². The van der Waals surface area contributed by atoms with Crippen LogP contribution in [-0.4, -0.2) is 16.7 Å². The predicted octanol–water partition coefficient (Wildman–Crippen LogP) is 5.02. The van der Waals surface area contributed by atoms with Crippen molar-refractivity contribution in [3.63, 3.8) is 0 Å². The molecule has 0 spiro atoms. The fourth-order valence-electron chi connectivity index (χ4n) is 4.94. The number of carbonyl (C=O) groups is 2. The standard InChI is InChI=1S/C31H28N4O3/c1-20-13-15-22(16-14-20)31(37)34-35-26-11-6-12-27(36)29(26)28(25(18-32)30(35)33)23-9-5-10-24(17-23)38-19-21-7-3-2-4-8-21/h2-5,7-10,13-17,28H,6,11-12,19,33H2,1H3,(H,34,37). The van der Waals surface area contributed by atoms with Gasteiger partial charge >= 0.3 is 0 Å². The summed E-state index contributed by atoms with van der Waals surface area (Å²) < 4.78 is 6.01. The van der Waals surface area contributed by atoms with Crippen molar-refractivity contribution >= 4 is 11.7 Å². The highest BCUT2D eigenvalue weighted by Gasteiger charge is 2.40. The highest BCUT2D eigenvalue weighted by atomic mass is 16.5. The van der Waals surface area contributed by atoms with Gasteiger partial charge in [-0.15, -0.1) is 0 Å². The van der Waals surface area contributed by atoms with E-state index in [-0.39, 0.29) is 23.1 Å². The van der Waals surface area contributed by atoms with Gasteiger partial charge in [-0.2, -0.15) is 5.26 Å². The minimum Gasteiger partial charge on any atom is -0.489 e. The van der Waals surface area contributed by atoms with Crippen molar-refractivity contribution in [3.05, 3.63) is 124 Å². The summed E-state index contributed by atoms with van der Waals surface area (Å²) in [7, 11) is 0. The number of benzene rings is 3. The molecule has 3 aromatic carbocycles. The molecule has 1 atom stereocenters. The SMILES string of the molecule is Cc1ccc(C(=O)NN2C(N)=C(C#N)C(c3cccc(OCc4ccccc4)c3)C3=C2CCCC3=O)cc1. The van der Waals surface area contributed by atoms with Gasteiger partial charge in [-0.05, 0) is 55.2 Å². The molecule has 7 heteroatoms. The lowest BCUT2D eigenvalue weighted by Crippen LogP contribution is -2.48. The van der Waals surface area contributed by atoms with Gasteiger partial charge in [-0.1, -0.05) is 60.2 Å². The lowest BCUT2D eigenvalue weighted by molar-refractivity contribution is -0.116. The normalized spacial score (nSPS) is 17.1. The molecule has 3 N–H and O–H groups in total. The van der Waals surface area contributed by atoms with Crippen LogP contribution in [0.4, 0.5) is 0 Å². The summed E-state index contributed by atoms with van der Waals surface area (Å²) in [6.07, 6.45) is 1.56. The van der Waals surface area contributed by atoms with E-state index in [2.05, 4.69) is 11.5 Å². The van der Waals surface area contributed by atoms with E-state index in [1.807, 2.05) is 73.7 Å². The zero-order valence-corrected chi connectivity index (χ0v) is 21.1. The van der Waals surface area contributed by atoms with Crippen LogP contribution in [-0.2, 0) is 11.4 Å². The number of nitrogens with two attached hydrogens (primary N) is 1. The molecule has 0 bridgehead atoms. The summed E-state index contributed by atoms with van der Waals surface area (Å²) in [5.74, 6) is -0.327. The number of nitrogens with zero attached hydrogens (tertiary/aromatic N) is 2. The molecule has 1 aliphatic carbocycles. The number of ether oxygens (including phenoxy) is 1. The summed E-state index contributed by atoms with van der Waals surface area (Å²) in [4.78, 5) is 26.4. The van der Waals surface area contributed by atoms with Crippen LogP contribution in [0.5, 0.6) is 5.75 Å². The van der Waals surface area contributed by atoms with E-state index in [1.54, 1.807) is 12.1 Å². The van der Waals surface area contributed by atoms with Gasteiger partial charge in [-0.25, -0.2) is 5.01 Å². The van der Waals surface area contributed by atoms with Crippen molar-refractivity contribution in [1.82, 2.24) is 10.4 Å². The number of aryl methyl sites for hydroxylation is 1. The van der Waals surface area contributed by atoms with Crippen molar-refractivity contribution in [1.29, 1.82) is 5.26 Å². The van der Waals surface area contributed by atoms with Gasteiger partial charge in [0.2, 0.25) is 0 Å². The Morgan fingerprint density at radius 2 is 1.84 bits per heavy atom. The van der Waals surface area contributed by atoms with Crippen LogP contribution >= 0.6 is 0 Å². The van der Waals surface area contributed by atoms with E-state index >= 15 is 0 Å². The second-order valence-corrected chi connectivity index (χ2v) is 9.47. The van der Waals surface area contributed by atoms with Crippen LogP contribution in [0.25, 0.3) is 0 Å². The molecule has 3 aromatic rings. The molecule has 0 aromatic heterocycles. The molecule has 38 heavy (non-hydrogen) atoms. The summed E-state index contributed by atoms with van der Waals surface area (Å²) in [6, 6.07) is 26.6. The molecule has 5 rings (SSSR count). The number of nitrogens with one attached hydrogen (secondary N) is 1. The number of hydrogen-bond acceptors (Lipinski definition) is 6.